The van der Waals surface area contributed by atoms with Gasteiger partial charge in [0.25, 0.3) is 0 Å². The highest BCUT2D eigenvalue weighted by atomic mass is 35.5. The molecule has 0 aliphatic heterocycles. The van der Waals surface area contributed by atoms with Gasteiger partial charge in [-0.25, -0.2) is 8.42 Å². The van der Waals surface area contributed by atoms with Gasteiger partial charge in [-0.3, -0.25) is 13.9 Å². The van der Waals surface area contributed by atoms with Crippen molar-refractivity contribution in [1.82, 2.24) is 10.2 Å². The lowest BCUT2D eigenvalue weighted by atomic mass is 10.0. The average molecular weight is 617 g/mol. The monoisotopic (exact) mass is 615 g/mol. The van der Waals surface area contributed by atoms with Gasteiger partial charge in [0.15, 0.2) is 0 Å². The smallest absolute Gasteiger partial charge is 0.244 e. The van der Waals surface area contributed by atoms with Gasteiger partial charge in [0.05, 0.1) is 17.0 Å². The van der Waals surface area contributed by atoms with Gasteiger partial charge in [-0.2, -0.15) is 0 Å². The molecular weight excluding hydrogens is 592 g/mol. The van der Waals surface area contributed by atoms with E-state index in [0.717, 1.165) is 16.1 Å². The van der Waals surface area contributed by atoms with Crippen LogP contribution in [0.5, 0.6) is 0 Å². The highest BCUT2D eigenvalue weighted by Crippen LogP contribution is 2.31. The van der Waals surface area contributed by atoms with Gasteiger partial charge in [0.1, 0.15) is 12.6 Å². The highest BCUT2D eigenvalue weighted by Gasteiger charge is 2.33. The van der Waals surface area contributed by atoms with Crippen LogP contribution in [0.2, 0.25) is 20.1 Å². The summed E-state index contributed by atoms with van der Waals surface area (Å²) in [7, 11) is -2.52. The molecule has 1 N–H and O–H groups in total. The number of anilines is 1. The summed E-state index contributed by atoms with van der Waals surface area (Å²) >= 11 is 25.1. The molecule has 2 amide bonds. The molecule has 0 spiro atoms. The van der Waals surface area contributed by atoms with Gasteiger partial charge in [0, 0.05) is 40.6 Å². The topological polar surface area (TPSA) is 86.8 Å². The fourth-order valence-electron chi connectivity index (χ4n) is 3.85. The second-order valence-electron chi connectivity index (χ2n) is 8.41. The first-order chi connectivity index (χ1) is 17.9. The van der Waals surface area contributed by atoms with Crippen LogP contribution in [0, 0.1) is 0 Å². The maximum atomic E-state index is 13.9. The molecule has 1 unspecified atom stereocenters. The Kier molecular flexibility index (Phi) is 10.3. The standard InChI is InChI=1S/C26H25Cl4N3O4S/c1-31-26(35)24(13-17-7-4-3-5-8-17)32(15-19-20(28)9-6-10-21(19)29)25(34)16-33(38(2,36)37)23-12-11-18(27)14-22(23)30/h3-12,14,24H,13,15-16H2,1-2H3,(H,31,35). The van der Waals surface area contributed by atoms with E-state index in [-0.39, 0.29) is 23.7 Å². The number of sulfonamides is 1. The van der Waals surface area contributed by atoms with Crippen molar-refractivity contribution in [2.45, 2.75) is 19.0 Å². The molecule has 0 radical (unpaired) electrons. The molecule has 3 rings (SSSR count). The summed E-state index contributed by atoms with van der Waals surface area (Å²) in [5, 5.41) is 3.54. The first kappa shape index (κ1) is 30.1. The summed E-state index contributed by atoms with van der Waals surface area (Å²) in [5.74, 6) is -1.11. The van der Waals surface area contributed by atoms with Crippen LogP contribution in [0.15, 0.2) is 66.7 Å². The van der Waals surface area contributed by atoms with E-state index in [0.29, 0.717) is 20.6 Å². The van der Waals surface area contributed by atoms with E-state index in [4.69, 9.17) is 46.4 Å². The number of carbonyl (C=O) groups excluding carboxylic acids is 2. The molecule has 0 saturated carbocycles. The van der Waals surface area contributed by atoms with E-state index in [1.54, 1.807) is 18.2 Å². The number of rotatable bonds is 10. The number of nitrogens with one attached hydrogen (secondary N) is 1. The third-order valence-electron chi connectivity index (χ3n) is 5.77. The van der Waals surface area contributed by atoms with Crippen LogP contribution in [0.25, 0.3) is 0 Å². The fourth-order valence-corrected chi connectivity index (χ4v) is 5.79. The van der Waals surface area contributed by atoms with Crippen molar-refractivity contribution in [3.8, 4) is 0 Å². The van der Waals surface area contributed by atoms with Gasteiger partial charge in [0.2, 0.25) is 21.8 Å². The molecular formula is C26H25Cl4N3O4S. The average Bonchev–Trinajstić information content (AvgIpc) is 2.86. The first-order valence-electron chi connectivity index (χ1n) is 11.3. The summed E-state index contributed by atoms with van der Waals surface area (Å²) in [6.45, 7) is -0.779. The number of hydrogen-bond acceptors (Lipinski definition) is 4. The lowest BCUT2D eigenvalue weighted by Gasteiger charge is -2.33. The molecule has 38 heavy (non-hydrogen) atoms. The molecule has 3 aromatic carbocycles. The van der Waals surface area contributed by atoms with Crippen molar-refractivity contribution >= 4 is 73.9 Å². The Hall–Kier alpha value is -2.49. The van der Waals surface area contributed by atoms with Crippen LogP contribution in [0.4, 0.5) is 5.69 Å². The normalized spacial score (nSPS) is 12.1. The van der Waals surface area contributed by atoms with E-state index in [1.807, 2.05) is 30.3 Å². The Morgan fingerprint density at radius 3 is 2.08 bits per heavy atom. The lowest BCUT2D eigenvalue weighted by molar-refractivity contribution is -0.139. The molecule has 0 aromatic heterocycles. The Morgan fingerprint density at radius 2 is 1.53 bits per heavy atom. The number of carbonyl (C=O) groups is 2. The molecule has 0 aliphatic carbocycles. The molecule has 0 aliphatic rings. The molecule has 7 nitrogen and oxygen atoms in total. The number of hydrogen-bond donors (Lipinski definition) is 1. The van der Waals surface area contributed by atoms with Crippen molar-refractivity contribution in [2.75, 3.05) is 24.2 Å². The van der Waals surface area contributed by atoms with Gasteiger partial charge in [-0.05, 0) is 35.9 Å². The largest absolute Gasteiger partial charge is 0.357 e. The number of likely N-dealkylation sites (N-methyl/N-ethyl adjacent to an activating group) is 1. The minimum atomic E-state index is -3.98. The van der Waals surface area contributed by atoms with Gasteiger partial charge in [-0.15, -0.1) is 0 Å². The number of amides is 2. The van der Waals surface area contributed by atoms with Crippen LogP contribution in [0.1, 0.15) is 11.1 Å². The Morgan fingerprint density at radius 1 is 0.895 bits per heavy atom. The summed E-state index contributed by atoms with van der Waals surface area (Å²) in [6.07, 6.45) is 1.12. The number of benzene rings is 3. The third kappa shape index (κ3) is 7.55. The van der Waals surface area contributed by atoms with Crippen molar-refractivity contribution in [3.63, 3.8) is 0 Å². The molecule has 0 heterocycles. The first-order valence-corrected chi connectivity index (χ1v) is 14.7. The molecule has 3 aromatic rings. The van der Waals surface area contributed by atoms with Crippen LogP contribution < -0.4 is 9.62 Å². The minimum absolute atomic E-state index is 0.0450. The summed E-state index contributed by atoms with van der Waals surface area (Å²) in [5.41, 5.74) is 1.29. The molecule has 12 heteroatoms. The summed E-state index contributed by atoms with van der Waals surface area (Å²) in [6, 6.07) is 17.3. The van der Waals surface area contributed by atoms with E-state index >= 15 is 0 Å². The van der Waals surface area contributed by atoms with Crippen molar-refractivity contribution in [3.05, 3.63) is 97.9 Å². The second kappa shape index (κ2) is 13.0. The third-order valence-corrected chi connectivity index (χ3v) is 8.14. The summed E-state index contributed by atoms with van der Waals surface area (Å²) < 4.78 is 26.4. The van der Waals surface area contributed by atoms with Crippen molar-refractivity contribution in [1.29, 1.82) is 0 Å². The zero-order valence-electron chi connectivity index (χ0n) is 20.5. The maximum Gasteiger partial charge on any atom is 0.244 e. The van der Waals surface area contributed by atoms with Crippen molar-refractivity contribution < 1.29 is 18.0 Å². The zero-order chi connectivity index (χ0) is 28.0. The molecule has 1 atom stereocenters. The van der Waals surface area contributed by atoms with Crippen molar-refractivity contribution in [2.24, 2.45) is 0 Å². The predicted molar refractivity (Wildman–Crippen MR) is 154 cm³/mol. The quantitative estimate of drug-likeness (QED) is 0.328. The second-order valence-corrected chi connectivity index (χ2v) is 12.0. The summed E-state index contributed by atoms with van der Waals surface area (Å²) in [4.78, 5) is 28.3. The minimum Gasteiger partial charge on any atom is -0.357 e. The van der Waals surface area contributed by atoms with Crippen LogP contribution in [-0.2, 0) is 32.6 Å². The van der Waals surface area contributed by atoms with Gasteiger partial charge in [-0.1, -0.05) is 82.8 Å². The Labute approximate surface area is 242 Å². The van der Waals surface area contributed by atoms with Crippen LogP contribution >= 0.6 is 46.4 Å². The number of halogens is 4. The van der Waals surface area contributed by atoms with E-state index in [1.165, 1.54) is 30.1 Å². The molecule has 0 saturated heterocycles. The Balaban J connectivity index is 2.09. The van der Waals surface area contributed by atoms with E-state index < -0.39 is 34.4 Å². The van der Waals surface area contributed by atoms with Crippen LogP contribution in [-0.4, -0.2) is 51.0 Å². The molecule has 202 valence electrons. The fraction of sp³-hybridized carbons (Fsp3) is 0.231. The lowest BCUT2D eigenvalue weighted by Crippen LogP contribution is -2.53. The SMILES string of the molecule is CNC(=O)C(Cc1ccccc1)N(Cc1c(Cl)cccc1Cl)C(=O)CN(c1ccc(Cl)cc1Cl)S(C)(=O)=O. The molecule has 0 bridgehead atoms. The van der Waals surface area contributed by atoms with Gasteiger partial charge < -0.3 is 10.2 Å². The number of nitrogens with zero attached hydrogens (tertiary/aromatic N) is 2. The van der Waals surface area contributed by atoms with E-state index in [2.05, 4.69) is 5.32 Å². The Bertz CT molecular complexity index is 1400. The highest BCUT2D eigenvalue weighted by molar-refractivity contribution is 7.92. The van der Waals surface area contributed by atoms with Crippen LogP contribution in [0.3, 0.4) is 0 Å². The zero-order valence-corrected chi connectivity index (χ0v) is 24.3. The van der Waals surface area contributed by atoms with E-state index in [9.17, 15) is 18.0 Å². The predicted octanol–water partition coefficient (Wildman–Crippen LogP) is 5.45. The molecule has 0 fully saturated rings. The van der Waals surface area contributed by atoms with Gasteiger partial charge >= 0.3 is 0 Å². The maximum absolute atomic E-state index is 13.9.